The first-order chi connectivity index (χ1) is 10.0. The second-order valence-electron chi connectivity index (χ2n) is 5.30. The molecule has 0 radical (unpaired) electrons. The van der Waals surface area contributed by atoms with Gasteiger partial charge in [-0.25, -0.2) is 0 Å². The zero-order valence-electron chi connectivity index (χ0n) is 12.9. The molecule has 0 bridgehead atoms. The molecule has 118 valence electrons. The van der Waals surface area contributed by atoms with Crippen LogP contribution in [-0.4, -0.2) is 47.3 Å². The van der Waals surface area contributed by atoms with Crippen molar-refractivity contribution in [2.75, 3.05) is 26.3 Å². The first-order valence-electron chi connectivity index (χ1n) is 7.42. The number of nitrogens with two attached hydrogens (primary N) is 1. The third-order valence-corrected chi connectivity index (χ3v) is 3.57. The van der Waals surface area contributed by atoms with Crippen LogP contribution >= 0.6 is 12.2 Å². The topological polar surface area (TPSA) is 58.7 Å². The summed E-state index contributed by atoms with van der Waals surface area (Å²) in [5.74, 6) is 0.835. The molecule has 1 aromatic rings. The first-order valence-corrected chi connectivity index (χ1v) is 7.83. The van der Waals surface area contributed by atoms with Gasteiger partial charge in [0.2, 0.25) is 0 Å². The van der Waals surface area contributed by atoms with E-state index < -0.39 is 0 Å². The number of nitrogens with zero attached hydrogens (tertiary/aromatic N) is 1. The van der Waals surface area contributed by atoms with Crippen LogP contribution < -0.4 is 10.5 Å². The maximum absolute atomic E-state index is 8.91. The lowest BCUT2D eigenvalue weighted by atomic mass is 10.2. The lowest BCUT2D eigenvalue weighted by molar-refractivity contribution is 0.177. The van der Waals surface area contributed by atoms with E-state index in [1.165, 1.54) is 0 Å². The van der Waals surface area contributed by atoms with Crippen molar-refractivity contribution in [1.82, 2.24) is 4.90 Å². The summed E-state index contributed by atoms with van der Waals surface area (Å²) in [5.41, 5.74) is 6.41. The molecule has 0 heterocycles. The summed E-state index contributed by atoms with van der Waals surface area (Å²) in [6.07, 6.45) is 1.78. The number of aliphatic hydroxyl groups is 1. The van der Waals surface area contributed by atoms with Gasteiger partial charge in [0.25, 0.3) is 0 Å². The number of thiocarbonyl (C=S) groups is 1. The Hall–Kier alpha value is -1.17. The maximum Gasteiger partial charge on any atom is 0.119 e. The molecule has 0 saturated carbocycles. The number of hydrogen-bond acceptors (Lipinski definition) is 4. The van der Waals surface area contributed by atoms with Crippen molar-refractivity contribution in [3.63, 3.8) is 0 Å². The minimum Gasteiger partial charge on any atom is -0.494 e. The zero-order chi connectivity index (χ0) is 15.7. The van der Waals surface area contributed by atoms with E-state index in [4.69, 9.17) is 27.8 Å². The molecule has 21 heavy (non-hydrogen) atoms. The van der Waals surface area contributed by atoms with Crippen LogP contribution in [0.5, 0.6) is 5.75 Å². The molecule has 1 aromatic carbocycles. The minimum atomic E-state index is 0.245. The van der Waals surface area contributed by atoms with Gasteiger partial charge in [-0.3, -0.25) is 0 Å². The minimum absolute atomic E-state index is 0.245. The van der Waals surface area contributed by atoms with Crippen molar-refractivity contribution in [3.8, 4) is 5.75 Å². The van der Waals surface area contributed by atoms with Crippen molar-refractivity contribution in [2.45, 2.75) is 32.7 Å². The molecular weight excluding hydrogens is 284 g/mol. The molecule has 0 spiro atoms. The van der Waals surface area contributed by atoms with Gasteiger partial charge in [0, 0.05) is 31.3 Å². The molecule has 5 heteroatoms. The van der Waals surface area contributed by atoms with Crippen LogP contribution in [0, 0.1) is 0 Å². The van der Waals surface area contributed by atoms with Crippen LogP contribution in [0.25, 0.3) is 0 Å². The highest BCUT2D eigenvalue weighted by Gasteiger charge is 2.08. The highest BCUT2D eigenvalue weighted by Crippen LogP contribution is 2.12. The van der Waals surface area contributed by atoms with Gasteiger partial charge in [0.1, 0.15) is 10.7 Å². The fourth-order valence-corrected chi connectivity index (χ4v) is 2.21. The first kappa shape index (κ1) is 17.9. The summed E-state index contributed by atoms with van der Waals surface area (Å²) in [6.45, 7) is 7.17. The molecular formula is C16H26N2O2S. The van der Waals surface area contributed by atoms with E-state index in [1.54, 1.807) is 0 Å². The molecule has 0 aliphatic heterocycles. The third kappa shape index (κ3) is 6.89. The Balaban J connectivity index is 2.30. The fraction of sp³-hybridized carbons (Fsp3) is 0.562. The van der Waals surface area contributed by atoms with E-state index in [1.807, 2.05) is 24.3 Å². The summed E-state index contributed by atoms with van der Waals surface area (Å²) in [7, 11) is 0. The number of benzene rings is 1. The van der Waals surface area contributed by atoms with Gasteiger partial charge in [-0.1, -0.05) is 12.2 Å². The van der Waals surface area contributed by atoms with Gasteiger partial charge in [-0.2, -0.15) is 0 Å². The molecule has 0 aromatic heterocycles. The van der Waals surface area contributed by atoms with Crippen molar-refractivity contribution in [1.29, 1.82) is 0 Å². The van der Waals surface area contributed by atoms with Crippen LogP contribution in [0.4, 0.5) is 0 Å². The number of rotatable bonds is 10. The van der Waals surface area contributed by atoms with Gasteiger partial charge in [0.15, 0.2) is 0 Å². The van der Waals surface area contributed by atoms with Crippen molar-refractivity contribution < 1.29 is 9.84 Å². The van der Waals surface area contributed by atoms with E-state index in [-0.39, 0.29) is 6.61 Å². The van der Waals surface area contributed by atoms with Crippen LogP contribution in [0.15, 0.2) is 24.3 Å². The fourth-order valence-electron chi connectivity index (χ4n) is 2.08. The molecule has 3 N–H and O–H groups in total. The predicted molar refractivity (Wildman–Crippen MR) is 90.9 cm³/mol. The third-order valence-electron chi connectivity index (χ3n) is 3.33. The molecule has 0 atom stereocenters. The van der Waals surface area contributed by atoms with Gasteiger partial charge < -0.3 is 20.5 Å². The summed E-state index contributed by atoms with van der Waals surface area (Å²) in [4.78, 5) is 2.76. The van der Waals surface area contributed by atoms with Crippen LogP contribution in [0.3, 0.4) is 0 Å². The normalized spacial score (nSPS) is 11.1. The summed E-state index contributed by atoms with van der Waals surface area (Å²) in [5, 5.41) is 8.91. The van der Waals surface area contributed by atoms with Gasteiger partial charge in [0.05, 0.1) is 6.61 Å². The Morgan fingerprint density at radius 2 is 1.86 bits per heavy atom. The van der Waals surface area contributed by atoms with E-state index in [0.29, 0.717) is 17.6 Å². The monoisotopic (exact) mass is 310 g/mol. The van der Waals surface area contributed by atoms with E-state index in [2.05, 4.69) is 18.7 Å². The maximum atomic E-state index is 8.91. The van der Waals surface area contributed by atoms with Gasteiger partial charge >= 0.3 is 0 Å². The van der Waals surface area contributed by atoms with Gasteiger partial charge in [-0.15, -0.1) is 0 Å². The van der Waals surface area contributed by atoms with Crippen molar-refractivity contribution >= 4 is 17.2 Å². The largest absolute Gasteiger partial charge is 0.494 e. The Morgan fingerprint density at radius 3 is 2.38 bits per heavy atom. The Kier molecular flexibility index (Phi) is 8.27. The second kappa shape index (κ2) is 9.71. The molecule has 0 saturated heterocycles. The highest BCUT2D eigenvalue weighted by molar-refractivity contribution is 7.80. The molecule has 1 rings (SSSR count). The molecule has 4 nitrogen and oxygen atoms in total. The molecule has 0 aliphatic carbocycles. The lowest BCUT2D eigenvalue weighted by Crippen LogP contribution is -2.33. The summed E-state index contributed by atoms with van der Waals surface area (Å²) < 4.78 is 5.72. The van der Waals surface area contributed by atoms with Crippen LogP contribution in [-0.2, 0) is 0 Å². The smallest absolute Gasteiger partial charge is 0.119 e. The average Bonchev–Trinajstić information content (AvgIpc) is 2.46. The number of ether oxygens (including phenoxy) is 1. The van der Waals surface area contributed by atoms with Crippen LogP contribution in [0.2, 0.25) is 0 Å². The average molecular weight is 310 g/mol. The Bertz CT molecular complexity index is 421. The van der Waals surface area contributed by atoms with E-state index in [0.717, 1.165) is 37.2 Å². The standard InChI is InChI=1S/C16H26N2O2S/c1-13(2)18(9-3-11-19)10-4-12-20-15-7-5-14(6-8-15)16(17)21/h5-8,13,19H,3-4,9-12H2,1-2H3,(H2,17,21). The lowest BCUT2D eigenvalue weighted by Gasteiger charge is -2.26. The summed E-state index contributed by atoms with van der Waals surface area (Å²) >= 11 is 4.91. The Morgan fingerprint density at radius 1 is 1.24 bits per heavy atom. The molecule has 0 amide bonds. The van der Waals surface area contributed by atoms with Gasteiger partial charge in [-0.05, 0) is 51.0 Å². The second-order valence-corrected chi connectivity index (χ2v) is 5.74. The molecule has 0 unspecified atom stereocenters. The van der Waals surface area contributed by atoms with E-state index in [9.17, 15) is 0 Å². The molecule has 0 aliphatic rings. The highest BCUT2D eigenvalue weighted by atomic mass is 32.1. The summed E-state index contributed by atoms with van der Waals surface area (Å²) in [6, 6.07) is 8.01. The predicted octanol–water partition coefficient (Wildman–Crippen LogP) is 2.18. The van der Waals surface area contributed by atoms with Crippen molar-refractivity contribution in [3.05, 3.63) is 29.8 Å². The zero-order valence-corrected chi connectivity index (χ0v) is 13.7. The SMILES string of the molecule is CC(C)N(CCCO)CCCOc1ccc(C(N)=S)cc1. The molecule has 0 fully saturated rings. The number of aliphatic hydroxyl groups excluding tert-OH is 1. The quantitative estimate of drug-likeness (QED) is 0.512. The van der Waals surface area contributed by atoms with Crippen LogP contribution in [0.1, 0.15) is 32.3 Å². The number of hydrogen-bond donors (Lipinski definition) is 2. The Labute approximate surface area is 132 Å². The van der Waals surface area contributed by atoms with Crippen molar-refractivity contribution in [2.24, 2.45) is 5.73 Å². The van der Waals surface area contributed by atoms with E-state index >= 15 is 0 Å².